The summed E-state index contributed by atoms with van der Waals surface area (Å²) in [4.78, 5) is 11.2. The lowest BCUT2D eigenvalue weighted by Gasteiger charge is -2.17. The van der Waals surface area contributed by atoms with Gasteiger partial charge >= 0.3 is 0 Å². The minimum absolute atomic E-state index is 0.0610. The van der Waals surface area contributed by atoms with Crippen molar-refractivity contribution in [3.05, 3.63) is 47.7 Å². The fraction of sp³-hybridized carbons (Fsp3) is 0.357. The molecule has 1 N–H and O–H groups in total. The van der Waals surface area contributed by atoms with Gasteiger partial charge in [0.1, 0.15) is 0 Å². The molecule has 1 aliphatic rings. The third-order valence-electron chi connectivity index (χ3n) is 2.87. The van der Waals surface area contributed by atoms with Crippen LogP contribution in [0.25, 0.3) is 0 Å². The highest BCUT2D eigenvalue weighted by Gasteiger charge is 2.12. The van der Waals surface area contributed by atoms with Crippen molar-refractivity contribution in [1.29, 1.82) is 0 Å². The van der Waals surface area contributed by atoms with Crippen molar-refractivity contribution in [1.82, 2.24) is 5.32 Å². The SMILES string of the molecule is O=C1C=C(NCC(Cl)c2ccccc2)CCC1. The number of ketones is 1. The zero-order chi connectivity index (χ0) is 12.1. The molecule has 2 rings (SSSR count). The highest BCUT2D eigenvalue weighted by atomic mass is 35.5. The van der Waals surface area contributed by atoms with Gasteiger partial charge in [0.05, 0.1) is 5.38 Å². The summed E-state index contributed by atoms with van der Waals surface area (Å²) in [5, 5.41) is 3.20. The van der Waals surface area contributed by atoms with Gasteiger partial charge < -0.3 is 5.32 Å². The summed E-state index contributed by atoms with van der Waals surface area (Å²) < 4.78 is 0. The number of alkyl halides is 1. The summed E-state index contributed by atoms with van der Waals surface area (Å²) in [7, 11) is 0. The molecule has 0 bridgehead atoms. The molecular weight excluding hydrogens is 234 g/mol. The van der Waals surface area contributed by atoms with Crippen LogP contribution >= 0.6 is 11.6 Å². The summed E-state index contributed by atoms with van der Waals surface area (Å²) in [6.07, 6.45) is 4.27. The molecule has 0 aliphatic heterocycles. The zero-order valence-corrected chi connectivity index (χ0v) is 10.4. The van der Waals surface area contributed by atoms with E-state index in [1.807, 2.05) is 30.3 Å². The Balaban J connectivity index is 1.88. The molecule has 0 aromatic heterocycles. The van der Waals surface area contributed by atoms with E-state index in [9.17, 15) is 4.79 Å². The molecule has 1 aromatic rings. The normalized spacial score (nSPS) is 17.5. The molecule has 0 saturated heterocycles. The standard InChI is InChI=1S/C14H16ClNO/c15-14(11-5-2-1-3-6-11)10-16-12-7-4-8-13(17)9-12/h1-3,5-6,9,14,16H,4,7-8,10H2. The van der Waals surface area contributed by atoms with Gasteiger partial charge in [0.2, 0.25) is 0 Å². The number of rotatable bonds is 4. The Kier molecular flexibility index (Phi) is 4.21. The highest BCUT2D eigenvalue weighted by molar-refractivity contribution is 6.21. The molecule has 0 fully saturated rings. The smallest absolute Gasteiger partial charge is 0.157 e. The fourth-order valence-corrected chi connectivity index (χ4v) is 2.15. The van der Waals surface area contributed by atoms with Crippen LogP contribution in [0.1, 0.15) is 30.2 Å². The number of carbonyl (C=O) groups is 1. The predicted molar refractivity (Wildman–Crippen MR) is 70.0 cm³/mol. The number of halogens is 1. The Labute approximate surface area is 107 Å². The number of benzene rings is 1. The van der Waals surface area contributed by atoms with Crippen LogP contribution < -0.4 is 5.32 Å². The van der Waals surface area contributed by atoms with Crippen LogP contribution in [-0.2, 0) is 4.79 Å². The summed E-state index contributed by atoms with van der Waals surface area (Å²) >= 11 is 6.29. The van der Waals surface area contributed by atoms with E-state index in [2.05, 4.69) is 5.32 Å². The Morgan fingerprint density at radius 2 is 2.00 bits per heavy atom. The van der Waals surface area contributed by atoms with E-state index in [1.165, 1.54) is 0 Å². The van der Waals surface area contributed by atoms with Crippen molar-refractivity contribution in [2.24, 2.45) is 0 Å². The summed E-state index contributed by atoms with van der Waals surface area (Å²) in [5.41, 5.74) is 2.12. The molecule has 0 saturated carbocycles. The zero-order valence-electron chi connectivity index (χ0n) is 9.66. The second kappa shape index (κ2) is 5.87. The third kappa shape index (κ3) is 3.60. The molecule has 0 heterocycles. The molecule has 0 radical (unpaired) electrons. The number of allylic oxidation sites excluding steroid dienone is 2. The summed E-state index contributed by atoms with van der Waals surface area (Å²) in [6, 6.07) is 9.96. The van der Waals surface area contributed by atoms with E-state index >= 15 is 0 Å². The van der Waals surface area contributed by atoms with Crippen molar-refractivity contribution < 1.29 is 4.79 Å². The Bertz CT molecular complexity index is 413. The largest absolute Gasteiger partial charge is 0.386 e. The van der Waals surface area contributed by atoms with Crippen molar-refractivity contribution in [3.63, 3.8) is 0 Å². The highest BCUT2D eigenvalue weighted by Crippen LogP contribution is 2.20. The van der Waals surface area contributed by atoms with Crippen LogP contribution in [-0.4, -0.2) is 12.3 Å². The molecule has 17 heavy (non-hydrogen) atoms. The maximum Gasteiger partial charge on any atom is 0.157 e. The molecular formula is C14H16ClNO. The van der Waals surface area contributed by atoms with Gasteiger partial charge in [0, 0.05) is 24.7 Å². The fourth-order valence-electron chi connectivity index (χ4n) is 1.93. The first-order valence-electron chi connectivity index (χ1n) is 5.92. The van der Waals surface area contributed by atoms with Crippen molar-refractivity contribution in [2.75, 3.05) is 6.54 Å². The number of carbonyl (C=O) groups excluding carboxylic acids is 1. The number of hydrogen-bond donors (Lipinski definition) is 1. The first-order valence-corrected chi connectivity index (χ1v) is 6.35. The molecule has 0 amide bonds. The molecule has 2 nitrogen and oxygen atoms in total. The third-order valence-corrected chi connectivity index (χ3v) is 3.28. The minimum Gasteiger partial charge on any atom is -0.386 e. The van der Waals surface area contributed by atoms with Crippen molar-refractivity contribution >= 4 is 17.4 Å². The van der Waals surface area contributed by atoms with Crippen LogP contribution in [0.15, 0.2) is 42.1 Å². The Morgan fingerprint density at radius 1 is 1.24 bits per heavy atom. The van der Waals surface area contributed by atoms with Gasteiger partial charge in [-0.25, -0.2) is 0 Å². The molecule has 1 aromatic carbocycles. The first-order chi connectivity index (χ1) is 8.25. The van der Waals surface area contributed by atoms with Gasteiger partial charge in [-0.05, 0) is 18.4 Å². The summed E-state index contributed by atoms with van der Waals surface area (Å²) in [5.74, 6) is 0.213. The lowest BCUT2D eigenvalue weighted by molar-refractivity contribution is -0.115. The van der Waals surface area contributed by atoms with E-state index in [4.69, 9.17) is 11.6 Å². The monoisotopic (exact) mass is 249 g/mol. The number of nitrogens with one attached hydrogen (secondary N) is 1. The van der Waals surface area contributed by atoms with Gasteiger partial charge in [-0.2, -0.15) is 0 Å². The average Bonchev–Trinajstić information content (AvgIpc) is 2.37. The van der Waals surface area contributed by atoms with Gasteiger partial charge in [0.15, 0.2) is 5.78 Å². The van der Waals surface area contributed by atoms with Crippen LogP contribution in [0.5, 0.6) is 0 Å². The first kappa shape index (κ1) is 12.2. The van der Waals surface area contributed by atoms with E-state index < -0.39 is 0 Å². The van der Waals surface area contributed by atoms with E-state index in [0.717, 1.165) is 24.1 Å². The Hall–Kier alpha value is -1.28. The van der Waals surface area contributed by atoms with Crippen molar-refractivity contribution in [3.8, 4) is 0 Å². The quantitative estimate of drug-likeness (QED) is 0.831. The Morgan fingerprint density at radius 3 is 2.71 bits per heavy atom. The van der Waals surface area contributed by atoms with Gasteiger partial charge in [-0.1, -0.05) is 30.3 Å². The minimum atomic E-state index is -0.0610. The lowest BCUT2D eigenvalue weighted by atomic mass is 10.0. The predicted octanol–water partition coefficient (Wildman–Crippen LogP) is 3.19. The molecule has 3 heteroatoms. The molecule has 1 unspecified atom stereocenters. The van der Waals surface area contributed by atoms with Crippen LogP contribution in [0.2, 0.25) is 0 Å². The maximum atomic E-state index is 11.2. The molecule has 1 aliphatic carbocycles. The van der Waals surface area contributed by atoms with Crippen LogP contribution in [0, 0.1) is 0 Å². The van der Waals surface area contributed by atoms with E-state index in [-0.39, 0.29) is 11.2 Å². The lowest BCUT2D eigenvalue weighted by Crippen LogP contribution is -2.21. The molecule has 1 atom stereocenters. The van der Waals surface area contributed by atoms with Crippen LogP contribution in [0.4, 0.5) is 0 Å². The van der Waals surface area contributed by atoms with Crippen molar-refractivity contribution in [2.45, 2.75) is 24.6 Å². The van der Waals surface area contributed by atoms with Gasteiger partial charge in [0.25, 0.3) is 0 Å². The topological polar surface area (TPSA) is 29.1 Å². The maximum absolute atomic E-state index is 11.2. The van der Waals surface area contributed by atoms with E-state index in [0.29, 0.717) is 13.0 Å². The van der Waals surface area contributed by atoms with Crippen LogP contribution in [0.3, 0.4) is 0 Å². The second-order valence-corrected chi connectivity index (χ2v) is 4.78. The second-order valence-electron chi connectivity index (χ2n) is 4.25. The molecule has 0 spiro atoms. The van der Waals surface area contributed by atoms with Gasteiger partial charge in [-0.15, -0.1) is 11.6 Å². The van der Waals surface area contributed by atoms with E-state index in [1.54, 1.807) is 6.08 Å². The summed E-state index contributed by atoms with van der Waals surface area (Å²) in [6.45, 7) is 0.657. The average molecular weight is 250 g/mol. The van der Waals surface area contributed by atoms with Gasteiger partial charge in [-0.3, -0.25) is 4.79 Å². The molecule has 90 valence electrons. The number of hydrogen-bond acceptors (Lipinski definition) is 2.